The van der Waals surface area contributed by atoms with E-state index in [1.165, 1.54) is 13.3 Å². The number of ether oxygens (including phenoxy) is 2. The van der Waals surface area contributed by atoms with Gasteiger partial charge in [0.1, 0.15) is 5.75 Å². The van der Waals surface area contributed by atoms with Crippen molar-refractivity contribution >= 4 is 13.3 Å². The highest BCUT2D eigenvalue weighted by molar-refractivity contribution is 7.51. The van der Waals surface area contributed by atoms with Gasteiger partial charge >= 0.3 is 7.60 Å². The summed E-state index contributed by atoms with van der Waals surface area (Å²) < 4.78 is 36.9. The summed E-state index contributed by atoms with van der Waals surface area (Å²) in [4.78, 5) is 24.8. The summed E-state index contributed by atoms with van der Waals surface area (Å²) in [6, 6.07) is 9.26. The molecule has 2 aromatic rings. The molecule has 32 heavy (non-hydrogen) atoms. The number of pyridine rings is 1. The van der Waals surface area contributed by atoms with Gasteiger partial charge in [0, 0.05) is 19.2 Å². The Bertz CT molecular complexity index is 973. The molecule has 1 aliphatic heterocycles. The fourth-order valence-corrected chi connectivity index (χ4v) is 5.46. The molecule has 4 rings (SSSR count). The van der Waals surface area contributed by atoms with Gasteiger partial charge in [0.05, 0.1) is 31.8 Å². The highest BCUT2D eigenvalue weighted by Crippen LogP contribution is 2.50. The highest BCUT2D eigenvalue weighted by atomic mass is 31.2. The Morgan fingerprint density at radius 1 is 1.22 bits per heavy atom. The fraction of sp³-hybridized carbons (Fsp3) is 0.522. The minimum absolute atomic E-state index is 0.115. The predicted octanol–water partition coefficient (Wildman–Crippen LogP) is 4.20. The standard InChI is InChI=1S/C23H30FN2O5P/c1-30-23-12-22(21(24)13-25-23)26-9-7-16(8-10-26)14-31-19-4-2-3-18(11-19)20(17-5-6-17)15-32(27,28)29/h2-4,11-13,16-17,20H,5-10,14-15H2,1H3,(H2,27,28,29)/t20-/m0/s1. The summed E-state index contributed by atoms with van der Waals surface area (Å²) in [5, 5.41) is 0. The molecule has 2 fully saturated rings. The Morgan fingerprint density at radius 3 is 2.62 bits per heavy atom. The Labute approximate surface area is 187 Å². The van der Waals surface area contributed by atoms with Crippen molar-refractivity contribution in [1.82, 2.24) is 4.98 Å². The van der Waals surface area contributed by atoms with Gasteiger partial charge in [-0.15, -0.1) is 0 Å². The van der Waals surface area contributed by atoms with Crippen molar-refractivity contribution in [3.63, 3.8) is 0 Å². The molecular formula is C23H30FN2O5P. The van der Waals surface area contributed by atoms with Crippen LogP contribution in [0.5, 0.6) is 11.6 Å². The number of halogens is 1. The Hall–Kier alpha value is -2.15. The zero-order valence-corrected chi connectivity index (χ0v) is 19.1. The Morgan fingerprint density at radius 2 is 1.97 bits per heavy atom. The van der Waals surface area contributed by atoms with Crippen LogP contribution < -0.4 is 14.4 Å². The molecule has 1 aromatic carbocycles. The van der Waals surface area contributed by atoms with E-state index in [4.69, 9.17) is 9.47 Å². The first-order valence-electron chi connectivity index (χ1n) is 11.0. The molecule has 2 heterocycles. The third kappa shape index (κ3) is 6.00. The molecule has 0 amide bonds. The first kappa shape index (κ1) is 23.0. The van der Waals surface area contributed by atoms with Crippen molar-refractivity contribution in [3.8, 4) is 11.6 Å². The first-order valence-corrected chi connectivity index (χ1v) is 12.8. The number of methoxy groups -OCH3 is 1. The maximum absolute atomic E-state index is 14.2. The van der Waals surface area contributed by atoms with Crippen molar-refractivity contribution in [2.75, 3.05) is 37.9 Å². The lowest BCUT2D eigenvalue weighted by atomic mass is 9.95. The molecule has 0 unspecified atom stereocenters. The summed E-state index contributed by atoms with van der Waals surface area (Å²) in [7, 11) is -2.56. The number of nitrogens with zero attached hydrogens (tertiary/aromatic N) is 2. The van der Waals surface area contributed by atoms with Gasteiger partial charge in [-0.3, -0.25) is 4.57 Å². The second kappa shape index (κ2) is 9.77. The molecule has 0 radical (unpaired) electrons. The monoisotopic (exact) mass is 464 g/mol. The zero-order valence-electron chi connectivity index (χ0n) is 18.2. The summed E-state index contributed by atoms with van der Waals surface area (Å²) in [6.45, 7) is 2.01. The molecule has 1 saturated heterocycles. The average molecular weight is 464 g/mol. The van der Waals surface area contributed by atoms with Gasteiger partial charge in [-0.05, 0) is 61.1 Å². The molecule has 9 heteroatoms. The summed E-state index contributed by atoms with van der Waals surface area (Å²) >= 11 is 0. The molecular weight excluding hydrogens is 434 g/mol. The van der Waals surface area contributed by atoms with Crippen LogP contribution in [0.2, 0.25) is 0 Å². The van der Waals surface area contributed by atoms with Crippen LogP contribution in [-0.4, -0.2) is 47.7 Å². The number of anilines is 1. The van der Waals surface area contributed by atoms with Crippen molar-refractivity contribution in [2.24, 2.45) is 11.8 Å². The summed E-state index contributed by atoms with van der Waals surface area (Å²) in [5.74, 6) is 1.35. The number of rotatable bonds is 9. The molecule has 1 aliphatic carbocycles. The first-order chi connectivity index (χ1) is 15.3. The molecule has 7 nitrogen and oxygen atoms in total. The Kier molecular flexibility index (Phi) is 7.03. The third-order valence-corrected chi connectivity index (χ3v) is 7.24. The van der Waals surface area contributed by atoms with Crippen LogP contribution >= 0.6 is 7.60 Å². The lowest BCUT2D eigenvalue weighted by Gasteiger charge is -2.33. The van der Waals surface area contributed by atoms with E-state index in [2.05, 4.69) is 4.98 Å². The minimum Gasteiger partial charge on any atom is -0.493 e. The normalized spacial score (nSPS) is 18.4. The molecule has 1 aromatic heterocycles. The largest absolute Gasteiger partial charge is 0.493 e. The maximum atomic E-state index is 14.2. The molecule has 174 valence electrons. The predicted molar refractivity (Wildman–Crippen MR) is 120 cm³/mol. The van der Waals surface area contributed by atoms with Crippen LogP contribution in [0.25, 0.3) is 0 Å². The highest BCUT2D eigenvalue weighted by Gasteiger charge is 2.36. The number of piperidine rings is 1. The van der Waals surface area contributed by atoms with E-state index in [0.29, 0.717) is 30.0 Å². The van der Waals surface area contributed by atoms with Gasteiger partial charge in [-0.25, -0.2) is 9.37 Å². The number of hydrogen-bond donors (Lipinski definition) is 2. The SMILES string of the molecule is COc1cc(N2CCC(COc3cccc([C@@H](CP(=O)(O)O)C4CC4)c3)CC2)c(F)cn1. The molecule has 1 saturated carbocycles. The summed E-state index contributed by atoms with van der Waals surface area (Å²) in [6.07, 6.45) is 4.86. The lowest BCUT2D eigenvalue weighted by Crippen LogP contribution is -2.36. The van der Waals surface area contributed by atoms with Gasteiger partial charge in [0.15, 0.2) is 5.82 Å². The van der Waals surface area contributed by atoms with Crippen molar-refractivity contribution in [3.05, 3.63) is 47.9 Å². The zero-order chi connectivity index (χ0) is 22.7. The smallest absolute Gasteiger partial charge is 0.326 e. The number of hydrogen-bond acceptors (Lipinski definition) is 5. The Balaban J connectivity index is 1.32. The van der Waals surface area contributed by atoms with Crippen LogP contribution in [0, 0.1) is 17.7 Å². The summed E-state index contributed by atoms with van der Waals surface area (Å²) in [5.41, 5.74) is 1.45. The molecule has 1 atom stereocenters. The minimum atomic E-state index is -4.08. The maximum Gasteiger partial charge on any atom is 0.326 e. The van der Waals surface area contributed by atoms with Crippen LogP contribution in [-0.2, 0) is 4.57 Å². The quantitative estimate of drug-likeness (QED) is 0.538. The van der Waals surface area contributed by atoms with E-state index in [1.807, 2.05) is 29.2 Å². The van der Waals surface area contributed by atoms with E-state index < -0.39 is 7.60 Å². The van der Waals surface area contributed by atoms with E-state index in [0.717, 1.165) is 50.1 Å². The van der Waals surface area contributed by atoms with Gasteiger partial charge < -0.3 is 24.2 Å². The second-order valence-electron chi connectivity index (χ2n) is 8.78. The molecule has 2 N–H and O–H groups in total. The van der Waals surface area contributed by atoms with Crippen LogP contribution in [0.15, 0.2) is 36.5 Å². The van der Waals surface area contributed by atoms with Gasteiger partial charge in [-0.1, -0.05) is 12.1 Å². The van der Waals surface area contributed by atoms with Crippen LogP contribution in [0.4, 0.5) is 10.1 Å². The molecule has 0 bridgehead atoms. The van der Waals surface area contributed by atoms with E-state index in [1.54, 1.807) is 6.07 Å². The lowest BCUT2D eigenvalue weighted by molar-refractivity contribution is 0.222. The van der Waals surface area contributed by atoms with Crippen molar-refractivity contribution < 1.29 is 28.2 Å². The average Bonchev–Trinajstić information content (AvgIpc) is 3.62. The van der Waals surface area contributed by atoms with Gasteiger partial charge in [0.2, 0.25) is 5.88 Å². The van der Waals surface area contributed by atoms with Crippen molar-refractivity contribution in [2.45, 2.75) is 31.6 Å². The topological polar surface area (TPSA) is 92.1 Å². The van der Waals surface area contributed by atoms with Crippen LogP contribution in [0.3, 0.4) is 0 Å². The molecule has 0 spiro atoms. The van der Waals surface area contributed by atoms with E-state index in [-0.39, 0.29) is 17.9 Å². The van der Waals surface area contributed by atoms with Gasteiger partial charge in [0.25, 0.3) is 0 Å². The van der Waals surface area contributed by atoms with E-state index in [9.17, 15) is 18.7 Å². The van der Waals surface area contributed by atoms with E-state index >= 15 is 0 Å². The fourth-order valence-electron chi connectivity index (χ4n) is 4.43. The van der Waals surface area contributed by atoms with Gasteiger partial charge in [-0.2, -0.15) is 0 Å². The van der Waals surface area contributed by atoms with Crippen molar-refractivity contribution in [1.29, 1.82) is 0 Å². The molecule has 2 aliphatic rings. The number of benzene rings is 1. The second-order valence-corrected chi connectivity index (χ2v) is 10.5. The number of aromatic nitrogens is 1. The van der Waals surface area contributed by atoms with Crippen LogP contribution in [0.1, 0.15) is 37.2 Å². The third-order valence-electron chi connectivity index (χ3n) is 6.37.